The summed E-state index contributed by atoms with van der Waals surface area (Å²) in [5.41, 5.74) is 0. The maximum Gasteiger partial charge on any atom is 0.308 e. The summed E-state index contributed by atoms with van der Waals surface area (Å²) in [6.45, 7) is 7.15. The normalized spacial score (nSPS) is 12.3. The second kappa shape index (κ2) is 17.8. The molecule has 0 aromatic rings. The molecule has 2 nitrogen and oxygen atoms in total. The Morgan fingerprint density at radius 1 is 0.696 bits per heavy atom. The minimum atomic E-state index is 0.0352. The van der Waals surface area contributed by atoms with Crippen LogP contribution in [-0.4, -0.2) is 12.6 Å². The van der Waals surface area contributed by atoms with Crippen LogP contribution >= 0.6 is 0 Å². The highest BCUT2D eigenvalue weighted by Gasteiger charge is 2.16. The molecule has 0 radical (unpaired) electrons. The van der Waals surface area contributed by atoms with Crippen LogP contribution in [0.15, 0.2) is 0 Å². The maximum atomic E-state index is 11.9. The first-order valence-corrected chi connectivity index (χ1v) is 10.4. The average Bonchev–Trinajstić information content (AvgIpc) is 2.56. The molecule has 2 heteroatoms. The molecule has 0 saturated carbocycles. The van der Waals surface area contributed by atoms with Crippen molar-refractivity contribution in [1.29, 1.82) is 0 Å². The molecular weight excluding hydrogens is 284 g/mol. The van der Waals surface area contributed by atoms with E-state index >= 15 is 0 Å². The summed E-state index contributed by atoms with van der Waals surface area (Å²) in [4.78, 5) is 11.9. The Morgan fingerprint density at radius 3 is 1.65 bits per heavy atom. The fourth-order valence-corrected chi connectivity index (χ4v) is 3.00. The van der Waals surface area contributed by atoms with Crippen molar-refractivity contribution in [2.24, 2.45) is 5.92 Å². The summed E-state index contributed by atoms with van der Waals surface area (Å²) < 4.78 is 5.44. The molecule has 0 N–H and O–H groups in total. The number of ether oxygens (including phenoxy) is 1. The first-order chi connectivity index (χ1) is 11.3. The lowest BCUT2D eigenvalue weighted by Crippen LogP contribution is -2.17. The second-order valence-electron chi connectivity index (χ2n) is 6.95. The Labute approximate surface area is 145 Å². The molecule has 0 spiro atoms. The Kier molecular flexibility index (Phi) is 17.4. The molecule has 0 aliphatic rings. The quantitative estimate of drug-likeness (QED) is 0.211. The summed E-state index contributed by atoms with van der Waals surface area (Å²) in [7, 11) is 0. The van der Waals surface area contributed by atoms with E-state index in [-0.39, 0.29) is 11.9 Å². The predicted octanol–water partition coefficient (Wildman–Crippen LogP) is 7.06. The van der Waals surface area contributed by atoms with Crippen LogP contribution in [0.4, 0.5) is 0 Å². The van der Waals surface area contributed by atoms with Gasteiger partial charge in [-0.15, -0.1) is 0 Å². The zero-order chi connectivity index (χ0) is 17.2. The van der Waals surface area contributed by atoms with Gasteiger partial charge in [0.25, 0.3) is 0 Å². The third-order valence-corrected chi connectivity index (χ3v) is 4.72. The molecule has 0 heterocycles. The number of rotatable bonds is 17. The van der Waals surface area contributed by atoms with Gasteiger partial charge in [-0.05, 0) is 19.3 Å². The van der Waals surface area contributed by atoms with Crippen LogP contribution in [0, 0.1) is 5.92 Å². The minimum absolute atomic E-state index is 0.0352. The Bertz CT molecular complexity index is 250. The van der Waals surface area contributed by atoms with Gasteiger partial charge in [-0.1, -0.05) is 97.8 Å². The lowest BCUT2D eigenvalue weighted by Gasteiger charge is -2.13. The van der Waals surface area contributed by atoms with Gasteiger partial charge in [-0.3, -0.25) is 4.79 Å². The summed E-state index contributed by atoms with van der Waals surface area (Å²) in [6.07, 6.45) is 18.8. The van der Waals surface area contributed by atoms with E-state index in [1.54, 1.807) is 0 Å². The maximum absolute atomic E-state index is 11.9. The van der Waals surface area contributed by atoms with Crippen LogP contribution in [0.2, 0.25) is 0 Å². The predicted molar refractivity (Wildman–Crippen MR) is 101 cm³/mol. The molecule has 0 amide bonds. The summed E-state index contributed by atoms with van der Waals surface area (Å²) in [5, 5.41) is 0. The number of hydrogen-bond donors (Lipinski definition) is 0. The fourth-order valence-electron chi connectivity index (χ4n) is 3.00. The topological polar surface area (TPSA) is 26.3 Å². The minimum Gasteiger partial charge on any atom is -0.465 e. The number of unbranched alkanes of at least 4 members (excludes halogenated alkanes) is 11. The van der Waals surface area contributed by atoms with E-state index in [1.807, 2.05) is 0 Å². The molecule has 1 unspecified atom stereocenters. The molecular formula is C21H42O2. The lowest BCUT2D eigenvalue weighted by molar-refractivity contribution is -0.149. The van der Waals surface area contributed by atoms with Gasteiger partial charge in [0.2, 0.25) is 0 Å². The van der Waals surface area contributed by atoms with E-state index in [9.17, 15) is 4.79 Å². The van der Waals surface area contributed by atoms with Crippen molar-refractivity contribution in [3.8, 4) is 0 Å². The molecule has 0 aromatic carbocycles. The molecule has 138 valence electrons. The van der Waals surface area contributed by atoms with Crippen molar-refractivity contribution < 1.29 is 9.53 Å². The SMILES string of the molecule is CCCCCCCCCCCCCOC(=O)C(CC)CCCC. The van der Waals surface area contributed by atoms with Crippen molar-refractivity contribution in [2.45, 2.75) is 117 Å². The number of hydrogen-bond acceptors (Lipinski definition) is 2. The summed E-state index contributed by atoms with van der Waals surface area (Å²) in [6, 6.07) is 0. The largest absolute Gasteiger partial charge is 0.465 e. The summed E-state index contributed by atoms with van der Waals surface area (Å²) >= 11 is 0. The van der Waals surface area contributed by atoms with Crippen LogP contribution in [0.1, 0.15) is 117 Å². The third kappa shape index (κ3) is 14.8. The standard InChI is InChI=1S/C21H42O2/c1-4-7-9-10-11-12-13-14-15-16-17-19-23-21(22)20(6-3)18-8-5-2/h20H,4-19H2,1-3H3. The number of carbonyl (C=O) groups is 1. The van der Waals surface area contributed by atoms with E-state index in [0.29, 0.717) is 6.61 Å². The van der Waals surface area contributed by atoms with Gasteiger partial charge in [0.05, 0.1) is 12.5 Å². The Hall–Kier alpha value is -0.530. The third-order valence-electron chi connectivity index (χ3n) is 4.72. The van der Waals surface area contributed by atoms with Crippen molar-refractivity contribution in [3.05, 3.63) is 0 Å². The average molecular weight is 327 g/mol. The molecule has 0 saturated heterocycles. The molecule has 0 aliphatic heterocycles. The van der Waals surface area contributed by atoms with E-state index in [1.165, 1.54) is 64.2 Å². The van der Waals surface area contributed by atoms with Crippen LogP contribution in [0.25, 0.3) is 0 Å². The molecule has 0 aliphatic carbocycles. The highest BCUT2D eigenvalue weighted by molar-refractivity contribution is 5.72. The van der Waals surface area contributed by atoms with Gasteiger partial charge in [-0.2, -0.15) is 0 Å². The van der Waals surface area contributed by atoms with Gasteiger partial charge in [-0.25, -0.2) is 0 Å². The molecule has 1 atom stereocenters. The van der Waals surface area contributed by atoms with Crippen molar-refractivity contribution in [2.75, 3.05) is 6.61 Å². The van der Waals surface area contributed by atoms with Crippen LogP contribution in [0.3, 0.4) is 0 Å². The molecule has 0 bridgehead atoms. The van der Waals surface area contributed by atoms with Gasteiger partial charge < -0.3 is 4.74 Å². The van der Waals surface area contributed by atoms with E-state index in [2.05, 4.69) is 20.8 Å². The number of esters is 1. The van der Waals surface area contributed by atoms with Crippen molar-refractivity contribution in [1.82, 2.24) is 0 Å². The van der Waals surface area contributed by atoms with E-state index < -0.39 is 0 Å². The van der Waals surface area contributed by atoms with Gasteiger partial charge in [0.1, 0.15) is 0 Å². The fraction of sp³-hybridized carbons (Fsp3) is 0.952. The molecule has 0 rings (SSSR count). The van der Waals surface area contributed by atoms with Gasteiger partial charge in [0.15, 0.2) is 0 Å². The zero-order valence-corrected chi connectivity index (χ0v) is 16.2. The molecule has 23 heavy (non-hydrogen) atoms. The Morgan fingerprint density at radius 2 is 1.17 bits per heavy atom. The highest BCUT2D eigenvalue weighted by Crippen LogP contribution is 2.15. The number of carbonyl (C=O) groups excluding carboxylic acids is 1. The van der Waals surface area contributed by atoms with Crippen LogP contribution in [-0.2, 0) is 9.53 Å². The lowest BCUT2D eigenvalue weighted by atomic mass is 10.00. The second-order valence-corrected chi connectivity index (χ2v) is 6.95. The van der Waals surface area contributed by atoms with Crippen molar-refractivity contribution in [3.63, 3.8) is 0 Å². The van der Waals surface area contributed by atoms with Crippen LogP contribution < -0.4 is 0 Å². The monoisotopic (exact) mass is 326 g/mol. The smallest absolute Gasteiger partial charge is 0.308 e. The van der Waals surface area contributed by atoms with E-state index in [0.717, 1.165) is 32.1 Å². The Balaban J connectivity index is 3.33. The highest BCUT2D eigenvalue weighted by atomic mass is 16.5. The zero-order valence-electron chi connectivity index (χ0n) is 16.2. The first-order valence-electron chi connectivity index (χ1n) is 10.4. The van der Waals surface area contributed by atoms with Crippen molar-refractivity contribution >= 4 is 5.97 Å². The molecule has 0 aromatic heterocycles. The van der Waals surface area contributed by atoms with Gasteiger partial charge >= 0.3 is 5.97 Å². The van der Waals surface area contributed by atoms with E-state index in [4.69, 9.17) is 4.74 Å². The van der Waals surface area contributed by atoms with Crippen LogP contribution in [0.5, 0.6) is 0 Å². The first kappa shape index (κ1) is 22.5. The summed E-state index contributed by atoms with van der Waals surface area (Å²) in [5.74, 6) is 0.163. The molecule has 0 fully saturated rings. The van der Waals surface area contributed by atoms with Gasteiger partial charge in [0, 0.05) is 0 Å².